The summed E-state index contributed by atoms with van der Waals surface area (Å²) in [6.45, 7) is 13.2. The second-order valence-electron chi connectivity index (χ2n) is 2.39. The van der Waals surface area contributed by atoms with Gasteiger partial charge < -0.3 is 4.74 Å². The first-order chi connectivity index (χ1) is 7.74. The Bertz CT molecular complexity index is 303. The number of benzene rings is 1. The molecule has 0 N–H and O–H groups in total. The molecule has 90 valence electrons. The third-order valence-corrected chi connectivity index (χ3v) is 1.47. The SMILES string of the molecule is C=CC(=O)Oc1ccccc1C.CC.CC. The van der Waals surface area contributed by atoms with Crippen molar-refractivity contribution in [2.24, 2.45) is 0 Å². The number of hydrogen-bond donors (Lipinski definition) is 0. The van der Waals surface area contributed by atoms with Gasteiger partial charge in [0, 0.05) is 6.08 Å². The highest BCUT2D eigenvalue weighted by molar-refractivity contribution is 5.83. The van der Waals surface area contributed by atoms with Crippen molar-refractivity contribution in [3.63, 3.8) is 0 Å². The molecule has 0 heterocycles. The quantitative estimate of drug-likeness (QED) is 0.427. The van der Waals surface area contributed by atoms with E-state index in [0.29, 0.717) is 5.75 Å². The van der Waals surface area contributed by atoms with Gasteiger partial charge in [0.15, 0.2) is 0 Å². The molecule has 0 aliphatic rings. The Balaban J connectivity index is 0. The molecule has 16 heavy (non-hydrogen) atoms. The molecule has 0 spiro atoms. The third-order valence-electron chi connectivity index (χ3n) is 1.47. The summed E-state index contributed by atoms with van der Waals surface area (Å²) in [5.74, 6) is 0.159. The lowest BCUT2D eigenvalue weighted by molar-refractivity contribution is -0.129. The molecule has 0 fully saturated rings. The van der Waals surface area contributed by atoms with Gasteiger partial charge in [-0.2, -0.15) is 0 Å². The van der Waals surface area contributed by atoms with Gasteiger partial charge in [0.1, 0.15) is 5.75 Å². The van der Waals surface area contributed by atoms with Crippen LogP contribution in [0, 0.1) is 6.92 Å². The van der Waals surface area contributed by atoms with Crippen LogP contribution < -0.4 is 4.74 Å². The monoisotopic (exact) mass is 222 g/mol. The van der Waals surface area contributed by atoms with Crippen molar-refractivity contribution in [3.05, 3.63) is 42.5 Å². The van der Waals surface area contributed by atoms with Crippen LogP contribution in [0.1, 0.15) is 33.3 Å². The fraction of sp³-hybridized carbons (Fsp3) is 0.357. The number of carbonyl (C=O) groups is 1. The molecule has 0 aromatic heterocycles. The number of aryl methyl sites for hydroxylation is 1. The van der Waals surface area contributed by atoms with E-state index in [4.69, 9.17) is 4.74 Å². The zero-order valence-electron chi connectivity index (χ0n) is 10.9. The van der Waals surface area contributed by atoms with Crippen LogP contribution in [0.25, 0.3) is 0 Å². The summed E-state index contributed by atoms with van der Waals surface area (Å²) in [4.78, 5) is 10.8. The summed E-state index contributed by atoms with van der Waals surface area (Å²) in [6.07, 6.45) is 1.15. The lowest BCUT2D eigenvalue weighted by atomic mass is 10.2. The minimum Gasteiger partial charge on any atom is -0.423 e. The van der Waals surface area contributed by atoms with E-state index in [1.54, 1.807) is 6.07 Å². The second-order valence-corrected chi connectivity index (χ2v) is 2.39. The average Bonchev–Trinajstić information content (AvgIpc) is 2.37. The van der Waals surface area contributed by atoms with Crippen molar-refractivity contribution < 1.29 is 9.53 Å². The van der Waals surface area contributed by atoms with Crippen LogP contribution in [0.3, 0.4) is 0 Å². The molecular formula is C14H22O2. The topological polar surface area (TPSA) is 26.3 Å². The van der Waals surface area contributed by atoms with E-state index in [0.717, 1.165) is 11.6 Å². The molecule has 0 aliphatic carbocycles. The van der Waals surface area contributed by atoms with E-state index in [1.165, 1.54) is 0 Å². The van der Waals surface area contributed by atoms with E-state index < -0.39 is 5.97 Å². The predicted molar refractivity (Wildman–Crippen MR) is 69.7 cm³/mol. The number of ether oxygens (including phenoxy) is 1. The predicted octanol–water partition coefficient (Wildman–Crippen LogP) is 4.14. The van der Waals surface area contributed by atoms with Crippen LogP contribution in [0.15, 0.2) is 36.9 Å². The summed E-state index contributed by atoms with van der Waals surface area (Å²) < 4.78 is 4.94. The molecule has 1 rings (SSSR count). The Morgan fingerprint density at radius 2 is 1.69 bits per heavy atom. The normalized spacial score (nSPS) is 7.56. The Hall–Kier alpha value is -1.57. The molecular weight excluding hydrogens is 200 g/mol. The van der Waals surface area contributed by atoms with Crippen molar-refractivity contribution in [2.75, 3.05) is 0 Å². The van der Waals surface area contributed by atoms with Gasteiger partial charge in [0.25, 0.3) is 0 Å². The van der Waals surface area contributed by atoms with Crippen molar-refractivity contribution in [3.8, 4) is 5.75 Å². The van der Waals surface area contributed by atoms with Crippen LogP contribution >= 0.6 is 0 Å². The molecule has 0 aliphatic heterocycles. The Morgan fingerprint density at radius 1 is 1.19 bits per heavy atom. The first kappa shape index (κ1) is 16.8. The second kappa shape index (κ2) is 11.5. The minimum absolute atomic E-state index is 0.427. The maximum atomic E-state index is 10.8. The Morgan fingerprint density at radius 3 is 2.12 bits per heavy atom. The van der Waals surface area contributed by atoms with Gasteiger partial charge in [0.2, 0.25) is 0 Å². The van der Waals surface area contributed by atoms with Crippen LogP contribution in [0.5, 0.6) is 5.75 Å². The fourth-order valence-corrected chi connectivity index (χ4v) is 0.821. The highest BCUT2D eigenvalue weighted by Gasteiger charge is 2.00. The highest BCUT2D eigenvalue weighted by Crippen LogP contribution is 2.15. The van der Waals surface area contributed by atoms with Crippen molar-refractivity contribution >= 4 is 5.97 Å². The number of rotatable bonds is 2. The van der Waals surface area contributed by atoms with E-state index in [-0.39, 0.29) is 0 Å². The molecule has 2 nitrogen and oxygen atoms in total. The number of carbonyl (C=O) groups excluding carboxylic acids is 1. The smallest absolute Gasteiger partial charge is 0.335 e. The van der Waals surface area contributed by atoms with Crippen LogP contribution in [-0.4, -0.2) is 5.97 Å². The van der Waals surface area contributed by atoms with Gasteiger partial charge >= 0.3 is 5.97 Å². The number of hydrogen-bond acceptors (Lipinski definition) is 2. The van der Waals surface area contributed by atoms with Gasteiger partial charge in [0.05, 0.1) is 0 Å². The maximum absolute atomic E-state index is 10.8. The molecule has 0 radical (unpaired) electrons. The maximum Gasteiger partial charge on any atom is 0.335 e. The molecule has 0 saturated carbocycles. The summed E-state index contributed by atoms with van der Waals surface area (Å²) in [5, 5.41) is 0. The number of para-hydroxylation sites is 1. The molecule has 0 atom stereocenters. The molecule has 0 bridgehead atoms. The average molecular weight is 222 g/mol. The Kier molecular flexibility index (Phi) is 12.1. The van der Waals surface area contributed by atoms with E-state index in [9.17, 15) is 4.79 Å². The van der Waals surface area contributed by atoms with Crippen molar-refractivity contribution in [2.45, 2.75) is 34.6 Å². The first-order valence-corrected chi connectivity index (χ1v) is 5.64. The van der Waals surface area contributed by atoms with Gasteiger partial charge in [-0.3, -0.25) is 0 Å². The summed E-state index contributed by atoms with van der Waals surface area (Å²) in [7, 11) is 0. The first-order valence-electron chi connectivity index (χ1n) is 5.64. The highest BCUT2D eigenvalue weighted by atomic mass is 16.5. The summed E-state index contributed by atoms with van der Waals surface area (Å²) in [6, 6.07) is 7.34. The molecule has 0 amide bonds. The number of esters is 1. The minimum atomic E-state index is -0.427. The van der Waals surface area contributed by atoms with E-state index in [2.05, 4.69) is 6.58 Å². The van der Waals surface area contributed by atoms with Crippen molar-refractivity contribution in [1.82, 2.24) is 0 Å². The summed E-state index contributed by atoms with van der Waals surface area (Å²) >= 11 is 0. The summed E-state index contributed by atoms with van der Waals surface area (Å²) in [5.41, 5.74) is 0.938. The van der Waals surface area contributed by atoms with Crippen LogP contribution in [-0.2, 0) is 4.79 Å². The van der Waals surface area contributed by atoms with Crippen LogP contribution in [0.2, 0.25) is 0 Å². The van der Waals surface area contributed by atoms with Gasteiger partial charge in [-0.25, -0.2) is 4.79 Å². The largest absolute Gasteiger partial charge is 0.423 e. The lowest BCUT2D eigenvalue weighted by Crippen LogP contribution is -2.03. The lowest BCUT2D eigenvalue weighted by Gasteiger charge is -2.03. The molecule has 0 saturated heterocycles. The zero-order chi connectivity index (χ0) is 13.0. The third kappa shape index (κ3) is 6.82. The molecule has 0 unspecified atom stereocenters. The molecule has 1 aromatic carbocycles. The molecule has 1 aromatic rings. The van der Waals surface area contributed by atoms with Gasteiger partial charge in [-0.05, 0) is 18.6 Å². The van der Waals surface area contributed by atoms with Gasteiger partial charge in [-0.15, -0.1) is 0 Å². The van der Waals surface area contributed by atoms with Crippen LogP contribution in [0.4, 0.5) is 0 Å². The van der Waals surface area contributed by atoms with E-state index in [1.807, 2.05) is 52.8 Å². The van der Waals surface area contributed by atoms with E-state index >= 15 is 0 Å². The standard InChI is InChI=1S/C10H10O2.2C2H6/c1-3-10(11)12-9-7-5-4-6-8(9)2;2*1-2/h3-7H,1H2,2H3;2*1-2H3. The fourth-order valence-electron chi connectivity index (χ4n) is 0.821. The van der Waals surface area contributed by atoms with Gasteiger partial charge in [-0.1, -0.05) is 52.5 Å². The zero-order valence-corrected chi connectivity index (χ0v) is 10.9. The Labute approximate surface area is 98.9 Å². The van der Waals surface area contributed by atoms with Crippen molar-refractivity contribution in [1.29, 1.82) is 0 Å². The molecule has 2 heteroatoms.